The van der Waals surface area contributed by atoms with Crippen molar-refractivity contribution in [3.63, 3.8) is 0 Å². The number of rotatable bonds is 7. The number of methoxy groups -OCH3 is 1. The number of esters is 1. The molecule has 0 saturated heterocycles. The van der Waals surface area contributed by atoms with E-state index < -0.39 is 42.2 Å². The van der Waals surface area contributed by atoms with Crippen molar-refractivity contribution in [2.45, 2.75) is 30.4 Å². The van der Waals surface area contributed by atoms with E-state index in [4.69, 9.17) is 11.6 Å². The molecule has 1 atom stereocenters. The molecule has 0 aromatic heterocycles. The van der Waals surface area contributed by atoms with Crippen LogP contribution in [0.15, 0.2) is 24.3 Å². The lowest BCUT2D eigenvalue weighted by atomic mass is 10.1. The lowest BCUT2D eigenvalue weighted by molar-refractivity contribution is -0.171. The molecular weight excluding hydrogens is 431 g/mol. The second-order valence-electron chi connectivity index (χ2n) is 4.93. The molecule has 1 aromatic carbocycles. The van der Waals surface area contributed by atoms with Crippen LogP contribution in [-0.4, -0.2) is 36.4 Å². The number of para-hydroxylation sites is 1. The van der Waals surface area contributed by atoms with Crippen molar-refractivity contribution in [1.82, 2.24) is 0 Å². The van der Waals surface area contributed by atoms with Crippen LogP contribution in [0.3, 0.4) is 0 Å². The molecule has 138 valence electrons. The molecule has 0 radical (unpaired) electrons. The number of hydrogen-bond donors (Lipinski definition) is 0. The van der Waals surface area contributed by atoms with Crippen molar-refractivity contribution in [3.8, 4) is 0 Å². The van der Waals surface area contributed by atoms with Crippen LogP contribution >= 0.6 is 27.5 Å². The Morgan fingerprint density at radius 3 is 2.32 bits per heavy atom. The molecule has 0 spiro atoms. The number of benzene rings is 1. The highest BCUT2D eigenvalue weighted by atomic mass is 79.9. The smallest absolute Gasteiger partial charge is 0.469 e. The summed E-state index contributed by atoms with van der Waals surface area (Å²) >= 11 is 8.44. The predicted octanol–water partition coefficient (Wildman–Crippen LogP) is 3.56. The van der Waals surface area contributed by atoms with Gasteiger partial charge in [-0.05, 0) is 23.2 Å². The van der Waals surface area contributed by atoms with Crippen LogP contribution < -0.4 is 4.90 Å². The highest BCUT2D eigenvalue weighted by Crippen LogP contribution is 2.31. The quantitative estimate of drug-likeness (QED) is 0.366. The Morgan fingerprint density at radius 2 is 1.84 bits per heavy atom. The summed E-state index contributed by atoms with van der Waals surface area (Å²) in [7, 11) is 1.05. The molecule has 0 saturated carbocycles. The average molecular weight is 445 g/mol. The average Bonchev–Trinajstić information content (AvgIpc) is 2.53. The Hall–Kier alpha value is -1.61. The molecule has 1 amide bonds. The number of halogens is 5. The van der Waals surface area contributed by atoms with Gasteiger partial charge in [-0.1, -0.05) is 34.1 Å². The molecule has 0 fully saturated rings. The molecule has 0 N–H and O–H groups in total. The van der Waals surface area contributed by atoms with Crippen LogP contribution in [0.25, 0.3) is 0 Å². The highest BCUT2D eigenvalue weighted by Gasteiger charge is 2.46. The van der Waals surface area contributed by atoms with Crippen LogP contribution in [0.5, 0.6) is 0 Å². The zero-order valence-electron chi connectivity index (χ0n) is 13.0. The minimum atomic E-state index is -5.21. The van der Waals surface area contributed by atoms with Gasteiger partial charge in [0.15, 0.2) is 0 Å². The van der Waals surface area contributed by atoms with E-state index in [1.54, 1.807) is 6.07 Å². The first-order valence-corrected chi connectivity index (χ1v) is 8.41. The van der Waals surface area contributed by atoms with Gasteiger partial charge in [0.2, 0.25) is 5.24 Å². The van der Waals surface area contributed by atoms with Crippen molar-refractivity contribution < 1.29 is 32.3 Å². The molecule has 1 aromatic rings. The standard InChI is InChI=1S/C15H14BrClF3NO4/c1-25-13(23)7-10(6-12(17)22)21(14(24)15(18,19)20)11-5-3-2-4-9(11)8-16/h2-5,10H,6-8H2,1H3. The van der Waals surface area contributed by atoms with E-state index in [0.717, 1.165) is 7.11 Å². The Kier molecular flexibility index (Phi) is 7.88. The zero-order chi connectivity index (χ0) is 19.2. The number of carbonyl (C=O) groups is 3. The Labute approximate surface area is 155 Å². The second-order valence-corrected chi connectivity index (χ2v) is 5.91. The Balaban J connectivity index is 3.47. The van der Waals surface area contributed by atoms with Gasteiger partial charge in [-0.2, -0.15) is 13.2 Å². The number of nitrogens with zero attached hydrogens (tertiary/aromatic N) is 1. The van der Waals surface area contributed by atoms with E-state index >= 15 is 0 Å². The van der Waals surface area contributed by atoms with E-state index in [-0.39, 0.29) is 11.0 Å². The Morgan fingerprint density at radius 1 is 1.24 bits per heavy atom. The topological polar surface area (TPSA) is 63.7 Å². The molecule has 25 heavy (non-hydrogen) atoms. The third-order valence-corrected chi connectivity index (χ3v) is 4.01. The molecule has 0 aliphatic heterocycles. The summed E-state index contributed by atoms with van der Waals surface area (Å²) in [4.78, 5) is 35.2. The third kappa shape index (κ3) is 6.00. The minimum absolute atomic E-state index is 0.0754. The lowest BCUT2D eigenvalue weighted by Gasteiger charge is -2.32. The molecule has 0 aliphatic rings. The summed E-state index contributed by atoms with van der Waals surface area (Å²) in [5.74, 6) is -3.08. The molecule has 1 unspecified atom stereocenters. The number of hydrogen-bond acceptors (Lipinski definition) is 4. The fourth-order valence-electron chi connectivity index (χ4n) is 2.18. The van der Waals surface area contributed by atoms with Gasteiger partial charge in [0.1, 0.15) is 0 Å². The van der Waals surface area contributed by atoms with Crippen LogP contribution in [0.4, 0.5) is 18.9 Å². The summed E-state index contributed by atoms with van der Waals surface area (Å²) in [6.07, 6.45) is -6.47. The first-order valence-electron chi connectivity index (χ1n) is 6.91. The highest BCUT2D eigenvalue weighted by molar-refractivity contribution is 9.08. The fourth-order valence-corrected chi connectivity index (χ4v) is 2.84. The number of ether oxygens (including phenoxy) is 1. The monoisotopic (exact) mass is 443 g/mol. The van der Waals surface area contributed by atoms with Gasteiger partial charge >= 0.3 is 18.1 Å². The number of amides is 1. The molecule has 10 heteroatoms. The maximum absolute atomic E-state index is 13.1. The molecule has 1 rings (SSSR count). The van der Waals surface area contributed by atoms with E-state index in [1.807, 2.05) is 0 Å². The number of anilines is 1. The summed E-state index contributed by atoms with van der Waals surface area (Å²) in [6.45, 7) is 0. The zero-order valence-corrected chi connectivity index (χ0v) is 15.3. The van der Waals surface area contributed by atoms with E-state index in [0.29, 0.717) is 10.5 Å². The normalized spacial score (nSPS) is 12.4. The summed E-state index contributed by atoms with van der Waals surface area (Å²) in [5.41, 5.74) is 0.297. The SMILES string of the molecule is COC(=O)CC(CC(=O)Cl)N(C(=O)C(F)(F)F)c1ccccc1CBr. The fraction of sp³-hybridized carbons (Fsp3) is 0.400. The van der Waals surface area contributed by atoms with E-state index in [1.165, 1.54) is 18.2 Å². The van der Waals surface area contributed by atoms with Crippen molar-refractivity contribution >= 4 is 50.3 Å². The number of carbonyl (C=O) groups excluding carboxylic acids is 3. The first-order chi connectivity index (χ1) is 11.6. The van der Waals surface area contributed by atoms with Gasteiger partial charge in [0.25, 0.3) is 0 Å². The number of alkyl halides is 4. The summed E-state index contributed by atoms with van der Waals surface area (Å²) in [6, 6.07) is 4.39. The molecule has 5 nitrogen and oxygen atoms in total. The first kappa shape index (κ1) is 21.4. The Bertz CT molecular complexity index is 654. The molecular formula is C15H14BrClF3NO4. The van der Waals surface area contributed by atoms with Gasteiger partial charge in [-0.25, -0.2) is 0 Å². The largest absolute Gasteiger partial charge is 0.471 e. The van der Waals surface area contributed by atoms with Gasteiger partial charge in [0, 0.05) is 17.4 Å². The summed E-state index contributed by atoms with van der Waals surface area (Å²) < 4.78 is 43.8. The molecule has 0 bridgehead atoms. The van der Waals surface area contributed by atoms with E-state index in [9.17, 15) is 27.6 Å². The molecule has 0 aliphatic carbocycles. The van der Waals surface area contributed by atoms with Gasteiger partial charge in [0.05, 0.1) is 19.6 Å². The lowest BCUT2D eigenvalue weighted by Crippen LogP contribution is -2.49. The van der Waals surface area contributed by atoms with Crippen LogP contribution in [0.1, 0.15) is 18.4 Å². The second kappa shape index (κ2) is 9.19. The van der Waals surface area contributed by atoms with Crippen molar-refractivity contribution in [2.24, 2.45) is 0 Å². The van der Waals surface area contributed by atoms with Crippen molar-refractivity contribution in [1.29, 1.82) is 0 Å². The van der Waals surface area contributed by atoms with Crippen LogP contribution in [0.2, 0.25) is 0 Å². The van der Waals surface area contributed by atoms with Crippen LogP contribution in [0, 0.1) is 0 Å². The van der Waals surface area contributed by atoms with Crippen molar-refractivity contribution in [3.05, 3.63) is 29.8 Å². The van der Waals surface area contributed by atoms with Crippen molar-refractivity contribution in [2.75, 3.05) is 12.0 Å². The third-order valence-electron chi connectivity index (χ3n) is 3.25. The van der Waals surface area contributed by atoms with Gasteiger partial charge < -0.3 is 9.64 Å². The summed E-state index contributed by atoms with van der Waals surface area (Å²) in [5, 5.41) is -0.824. The predicted molar refractivity (Wildman–Crippen MR) is 88.5 cm³/mol. The van der Waals surface area contributed by atoms with Crippen LogP contribution in [-0.2, 0) is 24.5 Å². The van der Waals surface area contributed by atoms with Gasteiger partial charge in [-0.3, -0.25) is 14.4 Å². The maximum Gasteiger partial charge on any atom is 0.471 e. The molecule has 0 heterocycles. The minimum Gasteiger partial charge on any atom is -0.469 e. The van der Waals surface area contributed by atoms with E-state index in [2.05, 4.69) is 20.7 Å². The maximum atomic E-state index is 13.1. The van der Waals surface area contributed by atoms with Gasteiger partial charge in [-0.15, -0.1) is 0 Å².